The third-order valence-corrected chi connectivity index (χ3v) is 4.11. The molecule has 1 aromatic heterocycles. The average Bonchev–Trinajstić information content (AvgIpc) is 3.02. The molecule has 5 heteroatoms. The van der Waals surface area contributed by atoms with E-state index in [1.54, 1.807) is 24.4 Å². The Morgan fingerprint density at radius 2 is 2.29 bits per heavy atom. The number of hydrogen-bond acceptors (Lipinski definition) is 3. The van der Waals surface area contributed by atoms with Crippen LogP contribution in [-0.2, 0) is 0 Å². The van der Waals surface area contributed by atoms with Crippen molar-refractivity contribution in [2.75, 3.05) is 19.6 Å². The van der Waals surface area contributed by atoms with Crippen LogP contribution < -0.4 is 0 Å². The summed E-state index contributed by atoms with van der Waals surface area (Å²) in [5.74, 6) is 1.02. The van der Waals surface area contributed by atoms with Gasteiger partial charge in [-0.15, -0.1) is 0 Å². The fourth-order valence-electron chi connectivity index (χ4n) is 3.03. The molecule has 1 aliphatic heterocycles. The lowest BCUT2D eigenvalue weighted by Gasteiger charge is -2.33. The zero-order valence-corrected chi connectivity index (χ0v) is 11.9. The molecule has 1 aromatic carbocycles. The maximum Gasteiger partial charge on any atom is 0.129 e. The summed E-state index contributed by atoms with van der Waals surface area (Å²) in [7, 11) is 0. The van der Waals surface area contributed by atoms with E-state index in [0.717, 1.165) is 31.8 Å². The van der Waals surface area contributed by atoms with Crippen LogP contribution in [0.15, 0.2) is 36.7 Å². The number of nitrogens with one attached hydrogen (secondary N) is 1. The second-order valence-corrected chi connectivity index (χ2v) is 5.61. The van der Waals surface area contributed by atoms with E-state index in [2.05, 4.69) is 14.9 Å². The van der Waals surface area contributed by atoms with Crippen molar-refractivity contribution in [2.45, 2.75) is 24.9 Å². The van der Waals surface area contributed by atoms with E-state index in [0.29, 0.717) is 18.0 Å². The Kier molecular flexibility index (Phi) is 4.31. The molecule has 3 rings (SSSR count). The van der Waals surface area contributed by atoms with Gasteiger partial charge >= 0.3 is 0 Å². The normalized spacial score (nSPS) is 21.3. The van der Waals surface area contributed by atoms with Crippen LogP contribution in [0.5, 0.6) is 0 Å². The maximum atomic E-state index is 13.7. The van der Waals surface area contributed by atoms with Crippen LogP contribution in [0.25, 0.3) is 0 Å². The molecular weight excluding hydrogens is 269 g/mol. The number of nitrogens with zero attached hydrogens (tertiary/aromatic N) is 2. The molecule has 112 valence electrons. The summed E-state index contributed by atoms with van der Waals surface area (Å²) < 4.78 is 13.7. The first-order valence-electron chi connectivity index (χ1n) is 7.38. The number of aromatic amines is 1. The van der Waals surface area contributed by atoms with E-state index in [4.69, 9.17) is 0 Å². The number of H-pyrrole nitrogens is 1. The predicted octanol–water partition coefficient (Wildman–Crippen LogP) is 2.46. The molecule has 21 heavy (non-hydrogen) atoms. The molecule has 2 N–H and O–H groups in total. The van der Waals surface area contributed by atoms with E-state index in [-0.39, 0.29) is 5.82 Å². The first-order chi connectivity index (χ1) is 10.2. The summed E-state index contributed by atoms with van der Waals surface area (Å²) in [6.07, 6.45) is 4.97. The summed E-state index contributed by atoms with van der Waals surface area (Å²) in [6.45, 7) is 2.24. The first-order valence-corrected chi connectivity index (χ1v) is 7.38. The van der Waals surface area contributed by atoms with Gasteiger partial charge in [0, 0.05) is 37.0 Å². The van der Waals surface area contributed by atoms with Gasteiger partial charge in [-0.2, -0.15) is 0 Å². The van der Waals surface area contributed by atoms with Crippen molar-refractivity contribution >= 4 is 0 Å². The predicted molar refractivity (Wildman–Crippen MR) is 78.4 cm³/mol. The van der Waals surface area contributed by atoms with Gasteiger partial charge < -0.3 is 10.1 Å². The van der Waals surface area contributed by atoms with Gasteiger partial charge in [0.25, 0.3) is 0 Å². The fraction of sp³-hybridized carbons (Fsp3) is 0.438. The molecule has 2 heterocycles. The van der Waals surface area contributed by atoms with Crippen molar-refractivity contribution in [1.82, 2.24) is 14.9 Å². The van der Waals surface area contributed by atoms with Crippen LogP contribution in [-0.4, -0.2) is 39.6 Å². The van der Waals surface area contributed by atoms with Crippen molar-refractivity contribution in [3.8, 4) is 0 Å². The Labute approximate surface area is 123 Å². The molecule has 1 fully saturated rings. The van der Waals surface area contributed by atoms with Crippen LogP contribution in [0.1, 0.15) is 36.3 Å². The molecule has 0 amide bonds. The van der Waals surface area contributed by atoms with Gasteiger partial charge in [0.1, 0.15) is 11.6 Å². The molecule has 0 saturated carbocycles. The van der Waals surface area contributed by atoms with Crippen molar-refractivity contribution < 1.29 is 9.50 Å². The number of aliphatic hydroxyl groups excluding tert-OH is 1. The van der Waals surface area contributed by atoms with Crippen LogP contribution in [0.3, 0.4) is 0 Å². The van der Waals surface area contributed by atoms with Crippen molar-refractivity contribution in [3.05, 3.63) is 53.9 Å². The molecule has 2 unspecified atom stereocenters. The quantitative estimate of drug-likeness (QED) is 0.909. The highest BCUT2D eigenvalue weighted by Crippen LogP contribution is 2.26. The monoisotopic (exact) mass is 289 g/mol. The molecule has 4 nitrogen and oxygen atoms in total. The molecular formula is C16H20FN3O. The zero-order valence-electron chi connectivity index (χ0n) is 11.9. The minimum Gasteiger partial charge on any atom is -0.387 e. The number of piperidine rings is 1. The second kappa shape index (κ2) is 6.37. The van der Waals surface area contributed by atoms with E-state index < -0.39 is 6.10 Å². The van der Waals surface area contributed by atoms with E-state index in [9.17, 15) is 9.50 Å². The Hall–Kier alpha value is -1.72. The van der Waals surface area contributed by atoms with Crippen LogP contribution in [0.2, 0.25) is 0 Å². The minimum atomic E-state index is -0.790. The number of likely N-dealkylation sites (tertiary alicyclic amines) is 1. The first kappa shape index (κ1) is 14.2. The molecule has 1 aliphatic rings. The van der Waals surface area contributed by atoms with Crippen molar-refractivity contribution in [2.24, 2.45) is 0 Å². The number of aliphatic hydroxyl groups is 1. The number of hydrogen-bond donors (Lipinski definition) is 2. The number of β-amino-alcohol motifs (C(OH)–C–C–N with tert-alkyl or cyclic N) is 1. The van der Waals surface area contributed by atoms with Gasteiger partial charge in [0.05, 0.1) is 6.10 Å². The summed E-state index contributed by atoms with van der Waals surface area (Å²) in [4.78, 5) is 9.67. The van der Waals surface area contributed by atoms with Crippen molar-refractivity contribution in [1.29, 1.82) is 0 Å². The van der Waals surface area contributed by atoms with E-state index >= 15 is 0 Å². The third-order valence-electron chi connectivity index (χ3n) is 4.11. The Bertz CT molecular complexity index is 573. The summed E-state index contributed by atoms with van der Waals surface area (Å²) >= 11 is 0. The van der Waals surface area contributed by atoms with Gasteiger partial charge in [-0.05, 0) is 25.5 Å². The Balaban J connectivity index is 1.63. The number of imidazole rings is 1. The van der Waals surface area contributed by atoms with Gasteiger partial charge in [-0.3, -0.25) is 4.90 Å². The van der Waals surface area contributed by atoms with Crippen molar-refractivity contribution in [3.63, 3.8) is 0 Å². The van der Waals surface area contributed by atoms with E-state index in [1.807, 2.05) is 6.20 Å². The average molecular weight is 289 g/mol. The number of halogens is 1. The summed E-state index contributed by atoms with van der Waals surface area (Å²) in [6, 6.07) is 6.43. The Morgan fingerprint density at radius 1 is 1.43 bits per heavy atom. The molecule has 2 aromatic rings. The molecule has 0 aliphatic carbocycles. The highest BCUT2D eigenvalue weighted by atomic mass is 19.1. The van der Waals surface area contributed by atoms with Gasteiger partial charge in [-0.25, -0.2) is 9.37 Å². The van der Waals surface area contributed by atoms with Crippen LogP contribution in [0, 0.1) is 5.82 Å². The molecule has 0 radical (unpaired) electrons. The zero-order chi connectivity index (χ0) is 14.7. The third kappa shape index (κ3) is 3.31. The standard InChI is InChI=1S/C16H20FN3O/c17-14-6-2-1-5-13(14)15(21)11-20-9-3-4-12(10-20)16-18-7-8-19-16/h1-2,5-8,12,15,21H,3-4,9-11H2,(H,18,19). The molecule has 1 saturated heterocycles. The summed E-state index contributed by atoms with van der Waals surface area (Å²) in [5.41, 5.74) is 0.373. The van der Waals surface area contributed by atoms with Crippen LogP contribution >= 0.6 is 0 Å². The number of aromatic nitrogens is 2. The lowest BCUT2D eigenvalue weighted by atomic mass is 9.96. The number of rotatable bonds is 4. The summed E-state index contributed by atoms with van der Waals surface area (Å²) in [5, 5.41) is 10.3. The van der Waals surface area contributed by atoms with Crippen LogP contribution in [0.4, 0.5) is 4.39 Å². The van der Waals surface area contributed by atoms with Gasteiger partial charge in [0.15, 0.2) is 0 Å². The molecule has 2 atom stereocenters. The van der Waals surface area contributed by atoms with E-state index in [1.165, 1.54) is 6.07 Å². The smallest absolute Gasteiger partial charge is 0.129 e. The topological polar surface area (TPSA) is 52.1 Å². The maximum absolute atomic E-state index is 13.7. The second-order valence-electron chi connectivity index (χ2n) is 5.61. The highest BCUT2D eigenvalue weighted by molar-refractivity contribution is 5.20. The Morgan fingerprint density at radius 3 is 3.05 bits per heavy atom. The molecule has 0 spiro atoms. The number of benzene rings is 1. The lowest BCUT2D eigenvalue weighted by Crippen LogP contribution is -2.37. The van der Waals surface area contributed by atoms with Gasteiger partial charge in [0.2, 0.25) is 0 Å². The largest absolute Gasteiger partial charge is 0.387 e. The SMILES string of the molecule is OC(CN1CCCC(c2ncc[nH]2)C1)c1ccccc1F. The highest BCUT2D eigenvalue weighted by Gasteiger charge is 2.25. The fourth-order valence-corrected chi connectivity index (χ4v) is 3.03. The van der Waals surface area contributed by atoms with Gasteiger partial charge in [-0.1, -0.05) is 18.2 Å². The molecule has 0 bridgehead atoms. The minimum absolute atomic E-state index is 0.343. The lowest BCUT2D eigenvalue weighted by molar-refractivity contribution is 0.0922.